The lowest BCUT2D eigenvalue weighted by Gasteiger charge is -2.03. The predicted molar refractivity (Wildman–Crippen MR) is 46.8 cm³/mol. The molecule has 0 aromatic heterocycles. The third kappa shape index (κ3) is 0.959. The van der Waals surface area contributed by atoms with E-state index in [1.807, 2.05) is 12.1 Å². The van der Waals surface area contributed by atoms with Crippen molar-refractivity contribution >= 4 is 6.29 Å². The van der Waals surface area contributed by atoms with Crippen molar-refractivity contribution in [3.8, 4) is 0 Å². The molecule has 2 heteroatoms. The summed E-state index contributed by atoms with van der Waals surface area (Å²) in [5.41, 5.74) is 3.70. The molecule has 1 aliphatic rings. The molecule has 0 aliphatic carbocycles. The van der Waals surface area contributed by atoms with Crippen LogP contribution in [0.3, 0.4) is 0 Å². The maximum absolute atomic E-state index is 10.6. The van der Waals surface area contributed by atoms with Crippen molar-refractivity contribution in [3.05, 3.63) is 34.9 Å². The van der Waals surface area contributed by atoms with Crippen LogP contribution in [0.4, 0.5) is 0 Å². The minimum atomic E-state index is -0.0834. The molecule has 62 valence electrons. The van der Waals surface area contributed by atoms with Gasteiger partial charge in [-0.05, 0) is 23.6 Å². The van der Waals surface area contributed by atoms with Crippen LogP contribution in [-0.2, 0) is 11.3 Å². The Labute approximate surface area is 71.6 Å². The molecule has 0 radical (unpaired) electrons. The van der Waals surface area contributed by atoms with Crippen LogP contribution in [-0.4, -0.2) is 6.29 Å². The Morgan fingerprint density at radius 1 is 1.58 bits per heavy atom. The van der Waals surface area contributed by atoms with E-state index in [1.54, 1.807) is 0 Å². The maximum atomic E-state index is 10.6. The van der Waals surface area contributed by atoms with E-state index in [0.29, 0.717) is 0 Å². The molecule has 1 aromatic carbocycles. The Hall–Kier alpha value is -1.15. The van der Waals surface area contributed by atoms with Crippen molar-refractivity contribution in [2.24, 2.45) is 0 Å². The SMILES string of the molecule is Cc1cccc2c1CNC2C=O. The van der Waals surface area contributed by atoms with E-state index in [9.17, 15) is 4.79 Å². The Kier molecular flexibility index (Phi) is 1.70. The average molecular weight is 161 g/mol. The highest BCUT2D eigenvalue weighted by molar-refractivity contribution is 5.65. The molecule has 1 aliphatic heterocycles. The second-order valence-electron chi connectivity index (χ2n) is 3.14. The number of fused-ring (bicyclic) bond motifs is 1. The molecule has 0 spiro atoms. The fourth-order valence-electron chi connectivity index (χ4n) is 1.70. The van der Waals surface area contributed by atoms with Crippen LogP contribution in [0.25, 0.3) is 0 Å². The van der Waals surface area contributed by atoms with Gasteiger partial charge in [-0.25, -0.2) is 0 Å². The van der Waals surface area contributed by atoms with E-state index in [0.717, 1.165) is 18.4 Å². The highest BCUT2D eigenvalue weighted by Gasteiger charge is 2.21. The molecule has 1 heterocycles. The molecule has 1 N–H and O–H groups in total. The van der Waals surface area contributed by atoms with Crippen molar-refractivity contribution in [1.29, 1.82) is 0 Å². The van der Waals surface area contributed by atoms with Gasteiger partial charge in [0.1, 0.15) is 6.29 Å². The number of carbonyl (C=O) groups is 1. The van der Waals surface area contributed by atoms with E-state index >= 15 is 0 Å². The lowest BCUT2D eigenvalue weighted by molar-refractivity contribution is -0.109. The molecule has 1 aromatic rings. The van der Waals surface area contributed by atoms with E-state index in [2.05, 4.69) is 18.3 Å². The van der Waals surface area contributed by atoms with Gasteiger partial charge in [-0.15, -0.1) is 0 Å². The second kappa shape index (κ2) is 2.72. The van der Waals surface area contributed by atoms with Gasteiger partial charge in [-0.3, -0.25) is 5.32 Å². The van der Waals surface area contributed by atoms with Crippen LogP contribution in [0, 0.1) is 6.92 Å². The van der Waals surface area contributed by atoms with Gasteiger partial charge in [0, 0.05) is 6.54 Å². The third-order valence-corrected chi connectivity index (χ3v) is 2.42. The molecule has 0 bridgehead atoms. The lowest BCUT2D eigenvalue weighted by atomic mass is 10.0. The third-order valence-electron chi connectivity index (χ3n) is 2.42. The summed E-state index contributed by atoms with van der Waals surface area (Å²) in [6.45, 7) is 2.90. The first-order chi connectivity index (χ1) is 5.83. The standard InChI is InChI=1S/C10H11NO/c1-7-3-2-4-8-9(7)5-11-10(8)6-12/h2-4,6,10-11H,5H2,1H3. The number of aldehydes is 1. The zero-order valence-electron chi connectivity index (χ0n) is 7.00. The number of carbonyl (C=O) groups excluding carboxylic acids is 1. The van der Waals surface area contributed by atoms with Crippen molar-refractivity contribution in [2.75, 3.05) is 0 Å². The van der Waals surface area contributed by atoms with Crippen LogP contribution in [0.2, 0.25) is 0 Å². The molecule has 2 rings (SSSR count). The highest BCUT2D eigenvalue weighted by atomic mass is 16.1. The summed E-state index contributed by atoms with van der Waals surface area (Å²) < 4.78 is 0. The van der Waals surface area contributed by atoms with Crippen LogP contribution >= 0.6 is 0 Å². The molecule has 0 amide bonds. The van der Waals surface area contributed by atoms with Gasteiger partial charge < -0.3 is 4.79 Å². The van der Waals surface area contributed by atoms with Gasteiger partial charge in [-0.1, -0.05) is 18.2 Å². The van der Waals surface area contributed by atoms with Crippen molar-refractivity contribution in [3.63, 3.8) is 0 Å². The Morgan fingerprint density at radius 2 is 2.42 bits per heavy atom. The molecular weight excluding hydrogens is 150 g/mol. The molecule has 0 fully saturated rings. The number of hydrogen-bond donors (Lipinski definition) is 1. The predicted octanol–water partition coefficient (Wildman–Crippen LogP) is 1.34. The number of rotatable bonds is 1. The molecular formula is C10H11NO. The normalized spacial score (nSPS) is 20.6. The largest absolute Gasteiger partial charge is 0.301 e. The Bertz CT molecular complexity index is 320. The van der Waals surface area contributed by atoms with E-state index in [-0.39, 0.29) is 6.04 Å². The molecule has 2 nitrogen and oxygen atoms in total. The maximum Gasteiger partial charge on any atom is 0.141 e. The monoisotopic (exact) mass is 161 g/mol. The minimum absolute atomic E-state index is 0.0834. The van der Waals surface area contributed by atoms with E-state index in [1.165, 1.54) is 11.1 Å². The summed E-state index contributed by atoms with van der Waals surface area (Å²) in [6, 6.07) is 6.01. The Morgan fingerprint density at radius 3 is 3.17 bits per heavy atom. The first kappa shape index (κ1) is 7.50. The topological polar surface area (TPSA) is 29.1 Å². The molecule has 0 saturated heterocycles. The fourth-order valence-corrected chi connectivity index (χ4v) is 1.70. The molecule has 0 saturated carbocycles. The van der Waals surface area contributed by atoms with Gasteiger partial charge in [-0.2, -0.15) is 0 Å². The highest BCUT2D eigenvalue weighted by Crippen LogP contribution is 2.25. The zero-order chi connectivity index (χ0) is 8.55. The lowest BCUT2D eigenvalue weighted by Crippen LogP contribution is -2.12. The smallest absolute Gasteiger partial charge is 0.141 e. The minimum Gasteiger partial charge on any atom is -0.301 e. The Balaban J connectivity index is 2.52. The summed E-state index contributed by atoms with van der Waals surface area (Å²) >= 11 is 0. The number of benzene rings is 1. The van der Waals surface area contributed by atoms with Crippen LogP contribution in [0.15, 0.2) is 18.2 Å². The molecule has 12 heavy (non-hydrogen) atoms. The summed E-state index contributed by atoms with van der Waals surface area (Å²) in [5.74, 6) is 0. The molecule has 1 unspecified atom stereocenters. The zero-order valence-corrected chi connectivity index (χ0v) is 7.00. The number of aryl methyl sites for hydroxylation is 1. The summed E-state index contributed by atoms with van der Waals surface area (Å²) in [6.07, 6.45) is 0.964. The summed E-state index contributed by atoms with van der Waals surface area (Å²) in [4.78, 5) is 10.6. The van der Waals surface area contributed by atoms with Crippen LogP contribution < -0.4 is 5.32 Å². The first-order valence-corrected chi connectivity index (χ1v) is 4.10. The summed E-state index contributed by atoms with van der Waals surface area (Å²) in [7, 11) is 0. The van der Waals surface area contributed by atoms with Gasteiger partial charge >= 0.3 is 0 Å². The second-order valence-corrected chi connectivity index (χ2v) is 3.14. The van der Waals surface area contributed by atoms with Crippen molar-refractivity contribution < 1.29 is 4.79 Å². The van der Waals surface area contributed by atoms with Crippen molar-refractivity contribution in [1.82, 2.24) is 5.32 Å². The van der Waals surface area contributed by atoms with E-state index in [4.69, 9.17) is 0 Å². The van der Waals surface area contributed by atoms with Crippen LogP contribution in [0.1, 0.15) is 22.7 Å². The molecule has 1 atom stereocenters. The first-order valence-electron chi connectivity index (χ1n) is 4.10. The quantitative estimate of drug-likeness (QED) is 0.630. The van der Waals surface area contributed by atoms with Gasteiger partial charge in [0.15, 0.2) is 0 Å². The van der Waals surface area contributed by atoms with Gasteiger partial charge in [0.05, 0.1) is 6.04 Å². The van der Waals surface area contributed by atoms with Crippen molar-refractivity contribution in [2.45, 2.75) is 19.5 Å². The number of nitrogens with one attached hydrogen (secondary N) is 1. The van der Waals surface area contributed by atoms with Crippen LogP contribution in [0.5, 0.6) is 0 Å². The van der Waals surface area contributed by atoms with Gasteiger partial charge in [0.25, 0.3) is 0 Å². The average Bonchev–Trinajstić information content (AvgIpc) is 2.49. The summed E-state index contributed by atoms with van der Waals surface area (Å²) in [5, 5.41) is 3.14. The van der Waals surface area contributed by atoms with E-state index < -0.39 is 0 Å². The fraction of sp³-hybridized carbons (Fsp3) is 0.300. The van der Waals surface area contributed by atoms with Gasteiger partial charge in [0.2, 0.25) is 0 Å². The number of hydrogen-bond acceptors (Lipinski definition) is 2.